The Kier molecular flexibility index (Phi) is 5.41. The van der Waals surface area contributed by atoms with Gasteiger partial charge in [0.1, 0.15) is 5.82 Å². The summed E-state index contributed by atoms with van der Waals surface area (Å²) in [6, 6.07) is 4.13. The van der Waals surface area contributed by atoms with Gasteiger partial charge in [0.2, 0.25) is 0 Å². The van der Waals surface area contributed by atoms with Crippen LogP contribution in [-0.4, -0.2) is 11.9 Å². The zero-order valence-electron chi connectivity index (χ0n) is 11.8. The van der Waals surface area contributed by atoms with Crippen molar-refractivity contribution in [2.45, 2.75) is 51.5 Å². The van der Waals surface area contributed by atoms with Gasteiger partial charge in [-0.15, -0.1) is 0 Å². The van der Waals surface area contributed by atoms with Crippen LogP contribution in [0.3, 0.4) is 0 Å². The molecule has 0 radical (unpaired) electrons. The standard InChI is InChI=1S/C16H21ClFNO/c1-2-3-5-11-6-4-7-15(11)19-16(20)13-9-8-12(18)10-14(13)17/h8-11,15H,2-7H2,1H3,(H,19,20). The van der Waals surface area contributed by atoms with E-state index in [1.807, 2.05) is 0 Å². The maximum absolute atomic E-state index is 13.0. The van der Waals surface area contributed by atoms with Crippen molar-refractivity contribution in [3.8, 4) is 0 Å². The summed E-state index contributed by atoms with van der Waals surface area (Å²) in [5.41, 5.74) is 0.356. The summed E-state index contributed by atoms with van der Waals surface area (Å²) >= 11 is 5.93. The summed E-state index contributed by atoms with van der Waals surface area (Å²) in [5.74, 6) is -0.0465. The van der Waals surface area contributed by atoms with Crippen molar-refractivity contribution in [3.05, 3.63) is 34.6 Å². The van der Waals surface area contributed by atoms with Gasteiger partial charge < -0.3 is 5.32 Å². The third-order valence-corrected chi connectivity index (χ3v) is 4.39. The molecule has 0 spiro atoms. The van der Waals surface area contributed by atoms with Gasteiger partial charge in [0.25, 0.3) is 5.91 Å². The lowest BCUT2D eigenvalue weighted by Crippen LogP contribution is -2.37. The second kappa shape index (κ2) is 7.07. The Labute approximate surface area is 124 Å². The Morgan fingerprint density at radius 2 is 2.25 bits per heavy atom. The molecule has 1 aromatic rings. The van der Waals surface area contributed by atoms with Crippen LogP contribution < -0.4 is 5.32 Å². The van der Waals surface area contributed by atoms with Crippen LogP contribution in [0, 0.1) is 11.7 Å². The number of carbonyl (C=O) groups is 1. The summed E-state index contributed by atoms with van der Waals surface area (Å²) in [5, 5.41) is 3.24. The highest BCUT2D eigenvalue weighted by molar-refractivity contribution is 6.33. The fraction of sp³-hybridized carbons (Fsp3) is 0.562. The first-order chi connectivity index (χ1) is 9.61. The fourth-order valence-corrected chi connectivity index (χ4v) is 3.21. The van der Waals surface area contributed by atoms with Crippen LogP contribution in [-0.2, 0) is 0 Å². The van der Waals surface area contributed by atoms with Gasteiger partial charge in [-0.1, -0.05) is 37.8 Å². The highest BCUT2D eigenvalue weighted by atomic mass is 35.5. The van der Waals surface area contributed by atoms with Gasteiger partial charge in [0.05, 0.1) is 10.6 Å². The van der Waals surface area contributed by atoms with Gasteiger partial charge in [-0.2, -0.15) is 0 Å². The predicted molar refractivity (Wildman–Crippen MR) is 79.5 cm³/mol. The highest BCUT2D eigenvalue weighted by Gasteiger charge is 2.28. The van der Waals surface area contributed by atoms with Gasteiger partial charge in [-0.3, -0.25) is 4.79 Å². The predicted octanol–water partition coefficient (Wildman–Crippen LogP) is 4.57. The summed E-state index contributed by atoms with van der Waals surface area (Å²) < 4.78 is 13.0. The van der Waals surface area contributed by atoms with Crippen molar-refractivity contribution < 1.29 is 9.18 Å². The zero-order valence-corrected chi connectivity index (χ0v) is 12.5. The average Bonchev–Trinajstić information content (AvgIpc) is 2.83. The van der Waals surface area contributed by atoms with Crippen molar-refractivity contribution in [1.82, 2.24) is 5.32 Å². The third-order valence-electron chi connectivity index (χ3n) is 4.08. The summed E-state index contributed by atoms with van der Waals surface area (Å²) in [6.45, 7) is 2.18. The van der Waals surface area contributed by atoms with E-state index in [1.54, 1.807) is 0 Å². The normalized spacial score (nSPS) is 21.9. The first kappa shape index (κ1) is 15.3. The lowest BCUT2D eigenvalue weighted by atomic mass is 9.96. The molecule has 1 aromatic carbocycles. The molecular weight excluding hydrogens is 277 g/mol. The largest absolute Gasteiger partial charge is 0.349 e. The molecule has 0 aliphatic heterocycles. The smallest absolute Gasteiger partial charge is 0.253 e. The molecule has 1 aliphatic rings. The van der Waals surface area contributed by atoms with Gasteiger partial charge in [0, 0.05) is 6.04 Å². The molecule has 1 fully saturated rings. The maximum Gasteiger partial charge on any atom is 0.253 e. The van der Waals surface area contributed by atoms with Crippen LogP contribution in [0.5, 0.6) is 0 Å². The molecular formula is C16H21ClFNO. The Morgan fingerprint density at radius 1 is 1.45 bits per heavy atom. The van der Waals surface area contributed by atoms with Crippen molar-refractivity contribution >= 4 is 17.5 Å². The van der Waals surface area contributed by atoms with E-state index in [1.165, 1.54) is 43.9 Å². The quantitative estimate of drug-likeness (QED) is 0.847. The van der Waals surface area contributed by atoms with Gasteiger partial charge in [-0.25, -0.2) is 4.39 Å². The number of hydrogen-bond donors (Lipinski definition) is 1. The number of hydrogen-bond acceptors (Lipinski definition) is 1. The Morgan fingerprint density at radius 3 is 2.95 bits per heavy atom. The Balaban J connectivity index is 1.99. The average molecular weight is 298 g/mol. The number of carbonyl (C=O) groups excluding carboxylic acids is 1. The van der Waals surface area contributed by atoms with Crippen molar-refractivity contribution in [2.24, 2.45) is 5.92 Å². The molecule has 110 valence electrons. The van der Waals surface area contributed by atoms with E-state index in [-0.39, 0.29) is 17.0 Å². The van der Waals surface area contributed by atoms with E-state index >= 15 is 0 Å². The van der Waals surface area contributed by atoms with E-state index in [4.69, 9.17) is 11.6 Å². The van der Waals surface area contributed by atoms with E-state index < -0.39 is 5.82 Å². The molecule has 2 rings (SSSR count). The summed E-state index contributed by atoms with van der Waals surface area (Å²) in [7, 11) is 0. The molecule has 2 atom stereocenters. The van der Waals surface area contributed by atoms with Gasteiger partial charge in [-0.05, 0) is 43.4 Å². The fourth-order valence-electron chi connectivity index (χ4n) is 2.96. The minimum absolute atomic E-state index is 0.172. The van der Waals surface area contributed by atoms with Crippen molar-refractivity contribution in [3.63, 3.8) is 0 Å². The first-order valence-corrected chi connectivity index (χ1v) is 7.75. The molecule has 2 nitrogen and oxygen atoms in total. The first-order valence-electron chi connectivity index (χ1n) is 7.37. The van der Waals surface area contributed by atoms with Crippen LogP contribution in [0.4, 0.5) is 4.39 Å². The molecule has 0 aromatic heterocycles. The highest BCUT2D eigenvalue weighted by Crippen LogP contribution is 2.30. The lowest BCUT2D eigenvalue weighted by molar-refractivity contribution is 0.0926. The minimum atomic E-state index is -0.423. The van der Waals surface area contributed by atoms with E-state index in [9.17, 15) is 9.18 Å². The molecule has 0 heterocycles. The van der Waals surface area contributed by atoms with Gasteiger partial charge in [0.15, 0.2) is 0 Å². The topological polar surface area (TPSA) is 29.1 Å². The number of amides is 1. The van der Waals surface area contributed by atoms with E-state index in [2.05, 4.69) is 12.2 Å². The van der Waals surface area contributed by atoms with Crippen LogP contribution in [0.2, 0.25) is 5.02 Å². The zero-order chi connectivity index (χ0) is 14.5. The number of unbranched alkanes of at least 4 members (excludes halogenated alkanes) is 1. The van der Waals surface area contributed by atoms with E-state index in [0.29, 0.717) is 11.5 Å². The molecule has 1 aliphatic carbocycles. The second-order valence-corrected chi connectivity index (χ2v) is 5.94. The molecule has 1 amide bonds. The number of rotatable bonds is 5. The van der Waals surface area contributed by atoms with Crippen LogP contribution in [0.15, 0.2) is 18.2 Å². The van der Waals surface area contributed by atoms with Gasteiger partial charge >= 0.3 is 0 Å². The Hall–Kier alpha value is -1.09. The summed E-state index contributed by atoms with van der Waals surface area (Å²) in [4.78, 5) is 12.2. The molecule has 0 bridgehead atoms. The molecule has 20 heavy (non-hydrogen) atoms. The van der Waals surface area contributed by atoms with Crippen LogP contribution in [0.1, 0.15) is 55.8 Å². The number of benzene rings is 1. The molecule has 1 N–H and O–H groups in total. The van der Waals surface area contributed by atoms with Crippen LogP contribution >= 0.6 is 11.6 Å². The monoisotopic (exact) mass is 297 g/mol. The third kappa shape index (κ3) is 3.72. The molecule has 1 saturated carbocycles. The number of halogens is 2. The summed E-state index contributed by atoms with van der Waals surface area (Å²) in [6.07, 6.45) is 6.92. The van der Waals surface area contributed by atoms with E-state index in [0.717, 1.165) is 12.8 Å². The number of nitrogens with one attached hydrogen (secondary N) is 1. The Bertz CT molecular complexity index is 478. The molecule has 2 unspecified atom stereocenters. The maximum atomic E-state index is 13.0. The second-order valence-electron chi connectivity index (χ2n) is 5.54. The van der Waals surface area contributed by atoms with Crippen molar-refractivity contribution in [2.75, 3.05) is 0 Å². The van der Waals surface area contributed by atoms with Crippen molar-refractivity contribution in [1.29, 1.82) is 0 Å². The lowest BCUT2D eigenvalue weighted by Gasteiger charge is -2.21. The minimum Gasteiger partial charge on any atom is -0.349 e. The molecule has 0 saturated heterocycles. The SMILES string of the molecule is CCCCC1CCCC1NC(=O)c1ccc(F)cc1Cl. The molecule has 4 heteroatoms. The van der Waals surface area contributed by atoms with Crippen LogP contribution in [0.25, 0.3) is 0 Å².